The second kappa shape index (κ2) is 10.3. The number of nitrogens with zero attached hydrogens (tertiary/aromatic N) is 5. The maximum atomic E-state index is 13.8. The van der Waals surface area contributed by atoms with Crippen LogP contribution in [0.4, 0.5) is 19.1 Å². The lowest BCUT2D eigenvalue weighted by Gasteiger charge is -2.15. The predicted molar refractivity (Wildman–Crippen MR) is 156 cm³/mol. The summed E-state index contributed by atoms with van der Waals surface area (Å²) in [5.74, 6) is -1.91. The number of thiophene rings is 1. The quantitative estimate of drug-likeness (QED) is 0.204. The van der Waals surface area contributed by atoms with E-state index in [1.165, 1.54) is 12.1 Å². The fourth-order valence-corrected chi connectivity index (χ4v) is 5.64. The monoisotopic (exact) mass is 609 g/mol. The molecule has 0 aliphatic rings. The van der Waals surface area contributed by atoms with Crippen molar-refractivity contribution in [3.8, 4) is 27.8 Å². The highest BCUT2D eigenvalue weighted by Gasteiger charge is 2.42. The number of fused-ring (bicyclic) bond motifs is 2. The SMILES string of the molecule is CN(C)c1nc2cc(-n3c(OC(=O)C(F)(F)F)nc4cc(-c5ccc(Cl)cc5)sc4c3=O)ccc2n1-c1ccccc1. The number of hydrogen-bond acceptors (Lipinski definition) is 7. The minimum atomic E-state index is -5.31. The lowest BCUT2D eigenvalue weighted by Crippen LogP contribution is -2.31. The lowest BCUT2D eigenvalue weighted by molar-refractivity contribution is -0.190. The van der Waals surface area contributed by atoms with Gasteiger partial charge in [-0.3, -0.25) is 9.36 Å². The number of aromatic nitrogens is 4. The zero-order valence-electron chi connectivity index (χ0n) is 21.9. The smallest absolute Gasteiger partial charge is 0.385 e. The van der Waals surface area contributed by atoms with Crippen molar-refractivity contribution in [3.05, 3.63) is 94.2 Å². The summed E-state index contributed by atoms with van der Waals surface area (Å²) >= 11 is 7.10. The van der Waals surface area contributed by atoms with Crippen LogP contribution in [0.15, 0.2) is 83.7 Å². The van der Waals surface area contributed by atoms with Crippen molar-refractivity contribution in [1.82, 2.24) is 19.1 Å². The van der Waals surface area contributed by atoms with E-state index in [-0.39, 0.29) is 15.9 Å². The highest BCUT2D eigenvalue weighted by molar-refractivity contribution is 7.22. The Hall–Kier alpha value is -4.68. The zero-order valence-corrected chi connectivity index (χ0v) is 23.5. The van der Waals surface area contributed by atoms with E-state index in [0.717, 1.165) is 27.2 Å². The Balaban J connectivity index is 1.57. The van der Waals surface area contributed by atoms with Crippen LogP contribution >= 0.6 is 22.9 Å². The van der Waals surface area contributed by atoms with E-state index in [4.69, 9.17) is 16.6 Å². The predicted octanol–water partition coefficient (Wildman–Crippen LogP) is 6.64. The number of carbonyl (C=O) groups excluding carboxylic acids is 1. The molecule has 13 heteroatoms. The molecule has 6 rings (SSSR count). The molecule has 0 amide bonds. The Kier molecular flexibility index (Phi) is 6.74. The van der Waals surface area contributed by atoms with Gasteiger partial charge in [-0.15, -0.1) is 11.3 Å². The molecule has 0 unspecified atom stereocenters. The fourth-order valence-electron chi connectivity index (χ4n) is 4.48. The van der Waals surface area contributed by atoms with E-state index >= 15 is 0 Å². The topological polar surface area (TPSA) is 82.2 Å². The highest BCUT2D eigenvalue weighted by atomic mass is 35.5. The van der Waals surface area contributed by atoms with Crippen LogP contribution in [0.3, 0.4) is 0 Å². The van der Waals surface area contributed by atoms with Gasteiger partial charge in [0.1, 0.15) is 4.70 Å². The molecule has 0 N–H and O–H groups in total. The first-order chi connectivity index (χ1) is 20.0. The van der Waals surface area contributed by atoms with Crippen molar-refractivity contribution in [2.24, 2.45) is 0 Å². The largest absolute Gasteiger partial charge is 0.491 e. The number of anilines is 1. The molecular weight excluding hydrogens is 591 g/mol. The highest BCUT2D eigenvalue weighted by Crippen LogP contribution is 2.34. The first kappa shape index (κ1) is 27.5. The Labute approximate surface area is 244 Å². The molecule has 6 aromatic rings. The van der Waals surface area contributed by atoms with Crippen molar-refractivity contribution >= 4 is 56.1 Å². The van der Waals surface area contributed by atoms with E-state index in [2.05, 4.69) is 9.72 Å². The maximum Gasteiger partial charge on any atom is 0.491 e. The number of imidazole rings is 1. The third kappa shape index (κ3) is 4.88. The molecule has 8 nitrogen and oxygen atoms in total. The number of ether oxygens (including phenoxy) is 1. The van der Waals surface area contributed by atoms with Crippen LogP contribution in [0, 0.1) is 0 Å². The van der Waals surface area contributed by atoms with Gasteiger partial charge in [-0.25, -0.2) is 14.3 Å². The van der Waals surface area contributed by atoms with Crippen molar-refractivity contribution in [1.29, 1.82) is 0 Å². The second-order valence-electron chi connectivity index (χ2n) is 9.40. The van der Waals surface area contributed by atoms with Gasteiger partial charge in [-0.05, 0) is 54.1 Å². The molecule has 3 aromatic heterocycles. The molecule has 3 aromatic carbocycles. The summed E-state index contributed by atoms with van der Waals surface area (Å²) in [6, 6.07) is 21.8. The minimum Gasteiger partial charge on any atom is -0.385 e. The van der Waals surface area contributed by atoms with Crippen LogP contribution in [0.5, 0.6) is 6.01 Å². The van der Waals surface area contributed by atoms with E-state index in [0.29, 0.717) is 26.9 Å². The van der Waals surface area contributed by atoms with Gasteiger partial charge in [0, 0.05) is 29.7 Å². The summed E-state index contributed by atoms with van der Waals surface area (Å²) in [4.78, 5) is 37.0. The van der Waals surface area contributed by atoms with Crippen molar-refractivity contribution in [2.75, 3.05) is 19.0 Å². The Morgan fingerprint density at radius 1 is 0.905 bits per heavy atom. The molecule has 0 bridgehead atoms. The molecule has 212 valence electrons. The third-order valence-corrected chi connectivity index (χ3v) is 7.77. The summed E-state index contributed by atoms with van der Waals surface area (Å²) in [5.41, 5.74) is 2.21. The summed E-state index contributed by atoms with van der Waals surface area (Å²) in [5, 5.41) is 0.518. The second-order valence-corrected chi connectivity index (χ2v) is 10.9. The molecule has 0 aliphatic heterocycles. The number of para-hydroxylation sites is 1. The van der Waals surface area contributed by atoms with E-state index in [1.54, 1.807) is 36.4 Å². The van der Waals surface area contributed by atoms with Gasteiger partial charge < -0.3 is 9.64 Å². The van der Waals surface area contributed by atoms with E-state index < -0.39 is 23.7 Å². The molecule has 0 saturated carbocycles. The average molecular weight is 610 g/mol. The molecule has 42 heavy (non-hydrogen) atoms. The fraction of sp³-hybridized carbons (Fsp3) is 0.103. The maximum absolute atomic E-state index is 13.8. The number of rotatable bonds is 5. The molecule has 0 spiro atoms. The number of hydrogen-bond donors (Lipinski definition) is 0. The van der Waals surface area contributed by atoms with Gasteiger partial charge in [0.05, 0.1) is 22.2 Å². The Morgan fingerprint density at radius 3 is 2.29 bits per heavy atom. The van der Waals surface area contributed by atoms with Gasteiger partial charge in [-0.2, -0.15) is 18.2 Å². The minimum absolute atomic E-state index is 0.0838. The first-order valence-corrected chi connectivity index (χ1v) is 13.6. The van der Waals surface area contributed by atoms with Gasteiger partial charge in [-0.1, -0.05) is 41.9 Å². The van der Waals surface area contributed by atoms with Crippen LogP contribution in [0.25, 0.3) is 43.1 Å². The number of benzene rings is 3. The van der Waals surface area contributed by atoms with Crippen LogP contribution in [-0.4, -0.2) is 45.3 Å². The van der Waals surface area contributed by atoms with E-state index in [9.17, 15) is 22.8 Å². The van der Waals surface area contributed by atoms with Gasteiger partial charge in [0.25, 0.3) is 5.56 Å². The van der Waals surface area contributed by atoms with Crippen LogP contribution in [0.2, 0.25) is 5.02 Å². The summed E-state index contributed by atoms with van der Waals surface area (Å²) in [6.07, 6.45) is -5.31. The zero-order chi connectivity index (χ0) is 29.8. The standard InChI is InChI=1S/C29H19ClF3N5O3S/c1-36(2)27-34-20-14-19(12-13-22(20)37(27)18-6-4-3-5-7-18)38-25(39)24-21(35-28(38)41-26(40)29(31,32)33)15-23(42-24)16-8-10-17(30)11-9-16/h3-15H,1-2H3. The van der Waals surface area contributed by atoms with Crippen molar-refractivity contribution in [2.45, 2.75) is 6.18 Å². The van der Waals surface area contributed by atoms with Crippen LogP contribution in [0.1, 0.15) is 0 Å². The molecule has 0 aliphatic carbocycles. The number of halogens is 4. The number of alkyl halides is 3. The normalized spacial score (nSPS) is 11.8. The first-order valence-electron chi connectivity index (χ1n) is 12.4. The van der Waals surface area contributed by atoms with Gasteiger partial charge in [0.2, 0.25) is 5.95 Å². The molecule has 3 heterocycles. The Morgan fingerprint density at radius 2 is 1.62 bits per heavy atom. The molecule has 0 saturated heterocycles. The molecule has 0 fully saturated rings. The third-order valence-electron chi connectivity index (χ3n) is 6.35. The number of esters is 1. The molecule has 0 atom stereocenters. The van der Waals surface area contributed by atoms with Crippen LogP contribution < -0.4 is 15.2 Å². The van der Waals surface area contributed by atoms with Crippen LogP contribution in [-0.2, 0) is 4.79 Å². The van der Waals surface area contributed by atoms with Crippen molar-refractivity contribution < 1.29 is 22.7 Å². The number of carbonyl (C=O) groups is 1. The lowest BCUT2D eigenvalue weighted by atomic mass is 10.2. The summed E-state index contributed by atoms with van der Waals surface area (Å²) < 4.78 is 47.3. The molecule has 0 radical (unpaired) electrons. The van der Waals surface area contributed by atoms with Gasteiger partial charge in [0.15, 0.2) is 0 Å². The Bertz CT molecular complexity index is 2030. The summed E-state index contributed by atoms with van der Waals surface area (Å²) in [7, 11) is 3.65. The van der Waals surface area contributed by atoms with Gasteiger partial charge >= 0.3 is 18.2 Å². The average Bonchev–Trinajstić information content (AvgIpc) is 3.55. The van der Waals surface area contributed by atoms with Crippen molar-refractivity contribution in [3.63, 3.8) is 0 Å². The molecular formula is C29H19ClF3N5O3S. The van der Waals surface area contributed by atoms with E-state index in [1.807, 2.05) is 53.9 Å². The summed E-state index contributed by atoms with van der Waals surface area (Å²) in [6.45, 7) is 0.